The molecular formula is C15H23NO2S. The van der Waals surface area contributed by atoms with E-state index in [1.165, 1.54) is 17.7 Å². The Morgan fingerprint density at radius 3 is 2.74 bits per heavy atom. The van der Waals surface area contributed by atoms with Gasteiger partial charge in [-0.25, -0.2) is 0 Å². The molecule has 0 bridgehead atoms. The molecule has 1 heterocycles. The molecule has 1 unspecified atom stereocenters. The zero-order valence-electron chi connectivity index (χ0n) is 11.8. The van der Waals surface area contributed by atoms with Gasteiger partial charge in [0.25, 0.3) is 0 Å². The first kappa shape index (κ1) is 14.5. The summed E-state index contributed by atoms with van der Waals surface area (Å²) in [6, 6.07) is 6.81. The fraction of sp³-hybridized carbons (Fsp3) is 0.600. The van der Waals surface area contributed by atoms with Crippen LogP contribution in [0.25, 0.3) is 0 Å². The Labute approximate surface area is 120 Å². The number of ether oxygens (including phenoxy) is 2. The van der Waals surface area contributed by atoms with Crippen LogP contribution in [0.5, 0.6) is 11.5 Å². The molecule has 1 aromatic carbocycles. The van der Waals surface area contributed by atoms with Crippen LogP contribution in [0.4, 0.5) is 0 Å². The molecule has 1 aromatic rings. The number of benzene rings is 1. The number of hydrogen-bond acceptors (Lipinski definition) is 4. The van der Waals surface area contributed by atoms with Crippen molar-refractivity contribution in [2.24, 2.45) is 0 Å². The van der Waals surface area contributed by atoms with Gasteiger partial charge >= 0.3 is 0 Å². The van der Waals surface area contributed by atoms with Gasteiger partial charge < -0.3 is 14.8 Å². The van der Waals surface area contributed by atoms with Gasteiger partial charge in [0.15, 0.2) is 11.5 Å². The number of nitrogens with one attached hydrogen (secondary N) is 1. The van der Waals surface area contributed by atoms with Gasteiger partial charge in [-0.15, -0.1) is 11.8 Å². The molecule has 0 amide bonds. The van der Waals surface area contributed by atoms with Gasteiger partial charge in [0.05, 0.1) is 0 Å². The largest absolute Gasteiger partial charge is 0.486 e. The number of thioether (sulfide) groups is 1. The average Bonchev–Trinajstić information content (AvgIpc) is 2.45. The molecule has 1 atom stereocenters. The highest BCUT2D eigenvalue weighted by Crippen LogP contribution is 2.34. The molecule has 0 aromatic heterocycles. The second kappa shape index (κ2) is 7.65. The van der Waals surface area contributed by atoms with Crippen molar-refractivity contribution in [3.05, 3.63) is 18.2 Å². The summed E-state index contributed by atoms with van der Waals surface area (Å²) < 4.78 is 11.1. The van der Waals surface area contributed by atoms with E-state index in [2.05, 4.69) is 31.3 Å². The average molecular weight is 281 g/mol. The Hall–Kier alpha value is -0.870. The van der Waals surface area contributed by atoms with Crippen LogP contribution in [0, 0.1) is 0 Å². The molecule has 3 nitrogen and oxygen atoms in total. The molecule has 0 fully saturated rings. The third-order valence-corrected chi connectivity index (χ3v) is 4.25. The maximum absolute atomic E-state index is 5.61. The molecule has 0 spiro atoms. The first-order valence-electron chi connectivity index (χ1n) is 7.09. The van der Waals surface area contributed by atoms with Gasteiger partial charge in [0.2, 0.25) is 0 Å². The van der Waals surface area contributed by atoms with E-state index in [0.29, 0.717) is 19.3 Å². The zero-order chi connectivity index (χ0) is 13.5. The van der Waals surface area contributed by atoms with Gasteiger partial charge in [-0.1, -0.05) is 20.3 Å². The Kier molecular flexibility index (Phi) is 5.86. The van der Waals surface area contributed by atoms with Crippen molar-refractivity contribution in [3.8, 4) is 11.5 Å². The van der Waals surface area contributed by atoms with E-state index in [4.69, 9.17) is 9.47 Å². The summed E-state index contributed by atoms with van der Waals surface area (Å²) in [6.45, 7) is 6.73. The predicted molar refractivity (Wildman–Crippen MR) is 80.5 cm³/mol. The molecule has 106 valence electrons. The lowest BCUT2D eigenvalue weighted by molar-refractivity contribution is 0.171. The zero-order valence-corrected chi connectivity index (χ0v) is 12.6. The second-order valence-corrected chi connectivity index (χ2v) is 5.75. The lowest BCUT2D eigenvalue weighted by Gasteiger charge is -2.20. The molecule has 4 heteroatoms. The highest BCUT2D eigenvalue weighted by molar-refractivity contribution is 7.99. The minimum Gasteiger partial charge on any atom is -0.486 e. The van der Waals surface area contributed by atoms with Crippen molar-refractivity contribution in [2.45, 2.75) is 37.6 Å². The summed E-state index contributed by atoms with van der Waals surface area (Å²) in [7, 11) is 0. The summed E-state index contributed by atoms with van der Waals surface area (Å²) in [4.78, 5) is 1.25. The lowest BCUT2D eigenvalue weighted by Crippen LogP contribution is -2.30. The normalized spacial score (nSPS) is 15.3. The Morgan fingerprint density at radius 1 is 1.21 bits per heavy atom. The fourth-order valence-electron chi connectivity index (χ4n) is 2.19. The van der Waals surface area contributed by atoms with Crippen LogP contribution in [0.15, 0.2) is 23.1 Å². The van der Waals surface area contributed by atoms with Gasteiger partial charge in [-0.2, -0.15) is 0 Å². The van der Waals surface area contributed by atoms with E-state index >= 15 is 0 Å². The molecule has 0 saturated heterocycles. The lowest BCUT2D eigenvalue weighted by atomic mass is 10.2. The van der Waals surface area contributed by atoms with Crippen molar-refractivity contribution in [1.82, 2.24) is 5.32 Å². The molecule has 2 rings (SSSR count). The molecular weight excluding hydrogens is 258 g/mol. The molecule has 0 saturated carbocycles. The fourth-order valence-corrected chi connectivity index (χ4v) is 3.22. The van der Waals surface area contributed by atoms with E-state index in [1.54, 1.807) is 0 Å². The minimum atomic E-state index is 0.591. The van der Waals surface area contributed by atoms with Gasteiger partial charge in [-0.05, 0) is 31.2 Å². The Balaban J connectivity index is 1.91. The Morgan fingerprint density at radius 2 is 2.00 bits per heavy atom. The third-order valence-electron chi connectivity index (χ3n) is 3.09. The van der Waals surface area contributed by atoms with E-state index in [9.17, 15) is 0 Å². The monoisotopic (exact) mass is 281 g/mol. The van der Waals surface area contributed by atoms with E-state index < -0.39 is 0 Å². The molecule has 19 heavy (non-hydrogen) atoms. The maximum Gasteiger partial charge on any atom is 0.162 e. The highest BCUT2D eigenvalue weighted by atomic mass is 32.2. The minimum absolute atomic E-state index is 0.591. The topological polar surface area (TPSA) is 30.5 Å². The SMILES string of the molecule is CCCC(CSc1ccc2c(c1)OCCO2)NCC. The first-order chi connectivity index (χ1) is 9.33. The molecule has 0 radical (unpaired) electrons. The predicted octanol–water partition coefficient (Wildman–Crippen LogP) is 3.33. The summed E-state index contributed by atoms with van der Waals surface area (Å²) in [6.07, 6.45) is 2.45. The van der Waals surface area contributed by atoms with Crippen molar-refractivity contribution in [3.63, 3.8) is 0 Å². The Bertz CT molecular complexity index is 392. The van der Waals surface area contributed by atoms with Gasteiger partial charge in [0.1, 0.15) is 13.2 Å². The number of rotatable bonds is 7. The summed E-state index contributed by atoms with van der Waals surface area (Å²) in [5.74, 6) is 2.85. The molecule has 1 aliphatic rings. The van der Waals surface area contributed by atoms with Gasteiger partial charge in [-0.3, -0.25) is 0 Å². The first-order valence-corrected chi connectivity index (χ1v) is 8.07. The summed E-state index contributed by atoms with van der Waals surface area (Å²) in [5, 5.41) is 3.54. The molecule has 1 N–H and O–H groups in total. The number of hydrogen-bond donors (Lipinski definition) is 1. The van der Waals surface area contributed by atoms with Crippen LogP contribution in [0.3, 0.4) is 0 Å². The van der Waals surface area contributed by atoms with E-state index in [-0.39, 0.29) is 0 Å². The number of fused-ring (bicyclic) bond motifs is 1. The highest BCUT2D eigenvalue weighted by Gasteiger charge is 2.13. The van der Waals surface area contributed by atoms with E-state index in [0.717, 1.165) is 23.8 Å². The van der Waals surface area contributed by atoms with Crippen molar-refractivity contribution >= 4 is 11.8 Å². The second-order valence-electron chi connectivity index (χ2n) is 4.66. The van der Waals surface area contributed by atoms with Crippen molar-refractivity contribution < 1.29 is 9.47 Å². The van der Waals surface area contributed by atoms with Crippen molar-refractivity contribution in [2.75, 3.05) is 25.5 Å². The van der Waals surface area contributed by atoms with Crippen LogP contribution in [-0.4, -0.2) is 31.6 Å². The smallest absolute Gasteiger partial charge is 0.162 e. The standard InChI is InChI=1S/C15H23NO2S/c1-3-5-12(16-4-2)11-19-13-6-7-14-15(10-13)18-9-8-17-14/h6-7,10,12,16H,3-5,8-9,11H2,1-2H3. The van der Waals surface area contributed by atoms with E-state index in [1.807, 2.05) is 17.8 Å². The van der Waals surface area contributed by atoms with Crippen LogP contribution < -0.4 is 14.8 Å². The van der Waals surface area contributed by atoms with Crippen LogP contribution in [0.2, 0.25) is 0 Å². The quantitative estimate of drug-likeness (QED) is 0.777. The third kappa shape index (κ3) is 4.32. The molecule has 0 aliphatic carbocycles. The van der Waals surface area contributed by atoms with Crippen molar-refractivity contribution in [1.29, 1.82) is 0 Å². The van der Waals surface area contributed by atoms with Crippen LogP contribution >= 0.6 is 11.8 Å². The maximum atomic E-state index is 5.61. The van der Waals surface area contributed by atoms with Crippen LogP contribution in [0.1, 0.15) is 26.7 Å². The summed E-state index contributed by atoms with van der Waals surface area (Å²) >= 11 is 1.88. The van der Waals surface area contributed by atoms with Crippen LogP contribution in [-0.2, 0) is 0 Å². The summed E-state index contributed by atoms with van der Waals surface area (Å²) in [5.41, 5.74) is 0. The van der Waals surface area contributed by atoms with Gasteiger partial charge in [0, 0.05) is 16.7 Å². The molecule has 1 aliphatic heterocycles.